The van der Waals surface area contributed by atoms with Gasteiger partial charge in [0.2, 0.25) is 0 Å². The monoisotopic (exact) mass is 435 g/mol. The smallest absolute Gasteiger partial charge is 0.255 e. The summed E-state index contributed by atoms with van der Waals surface area (Å²) in [6, 6.07) is 11.0. The molecule has 2 aromatic carbocycles. The first-order valence-corrected chi connectivity index (χ1v) is 11.1. The fourth-order valence-electron chi connectivity index (χ4n) is 3.17. The van der Waals surface area contributed by atoms with E-state index >= 15 is 0 Å². The van der Waals surface area contributed by atoms with Gasteiger partial charge in [0, 0.05) is 28.2 Å². The van der Waals surface area contributed by atoms with Crippen molar-refractivity contribution in [3.05, 3.63) is 74.7 Å². The highest BCUT2D eigenvalue weighted by atomic mass is 32.1. The number of nitrogens with zero attached hydrogens (tertiary/aromatic N) is 1. The predicted molar refractivity (Wildman–Crippen MR) is 122 cm³/mol. The normalized spacial score (nSPS) is 13.0. The second-order valence-corrected chi connectivity index (χ2v) is 8.92. The Hall–Kier alpha value is -3.19. The third kappa shape index (κ3) is 5.30. The number of hydrogen-bond donors (Lipinski definition) is 2. The molecular weight excluding hydrogens is 410 g/mol. The number of benzene rings is 2. The highest BCUT2D eigenvalue weighted by Crippen LogP contribution is 2.24. The van der Waals surface area contributed by atoms with Crippen LogP contribution in [0.15, 0.2) is 41.8 Å². The van der Waals surface area contributed by atoms with Crippen molar-refractivity contribution >= 4 is 28.8 Å². The SMILES string of the molecule is Cc1nc(COc2ccc(C(=O)Nc3cc(C(=O)NC4CC4)ccc3C)cc2C)cs1. The Labute approximate surface area is 185 Å². The molecule has 1 aromatic heterocycles. The van der Waals surface area contributed by atoms with Crippen LogP contribution in [0.25, 0.3) is 0 Å². The van der Waals surface area contributed by atoms with Crippen molar-refractivity contribution in [1.82, 2.24) is 10.3 Å². The number of thiazole rings is 1. The Kier molecular flexibility index (Phi) is 6.04. The Bertz CT molecular complexity index is 1130. The molecule has 0 radical (unpaired) electrons. The minimum Gasteiger partial charge on any atom is -0.487 e. The van der Waals surface area contributed by atoms with Crippen LogP contribution in [0.2, 0.25) is 0 Å². The molecule has 1 heterocycles. The number of anilines is 1. The van der Waals surface area contributed by atoms with E-state index in [4.69, 9.17) is 4.74 Å². The molecular formula is C24H25N3O3S. The molecule has 6 nitrogen and oxygen atoms in total. The van der Waals surface area contributed by atoms with Crippen molar-refractivity contribution in [2.24, 2.45) is 0 Å². The first kappa shape index (κ1) is 21.1. The number of carbonyl (C=O) groups excluding carboxylic acids is 2. The number of aromatic nitrogens is 1. The van der Waals surface area contributed by atoms with Gasteiger partial charge in [-0.1, -0.05) is 6.07 Å². The van der Waals surface area contributed by atoms with E-state index in [1.165, 1.54) is 0 Å². The highest BCUT2D eigenvalue weighted by Gasteiger charge is 2.24. The van der Waals surface area contributed by atoms with Crippen LogP contribution in [-0.2, 0) is 6.61 Å². The molecule has 0 bridgehead atoms. The van der Waals surface area contributed by atoms with Gasteiger partial charge in [0.15, 0.2) is 0 Å². The Morgan fingerprint density at radius 1 is 1.03 bits per heavy atom. The van der Waals surface area contributed by atoms with E-state index in [9.17, 15) is 9.59 Å². The molecule has 1 aliphatic rings. The zero-order chi connectivity index (χ0) is 22.0. The van der Waals surface area contributed by atoms with Crippen LogP contribution in [-0.4, -0.2) is 22.8 Å². The summed E-state index contributed by atoms with van der Waals surface area (Å²) in [5.41, 5.74) is 4.36. The molecule has 1 aliphatic carbocycles. The van der Waals surface area contributed by atoms with Gasteiger partial charge in [-0.2, -0.15) is 0 Å². The largest absolute Gasteiger partial charge is 0.487 e. The van der Waals surface area contributed by atoms with Gasteiger partial charge in [0.25, 0.3) is 11.8 Å². The molecule has 1 fully saturated rings. The van der Waals surface area contributed by atoms with Gasteiger partial charge in [-0.15, -0.1) is 11.3 Å². The summed E-state index contributed by atoms with van der Waals surface area (Å²) in [6.07, 6.45) is 2.06. The molecule has 0 unspecified atom stereocenters. The fraction of sp³-hybridized carbons (Fsp3) is 0.292. The molecule has 2 N–H and O–H groups in total. The molecule has 0 atom stereocenters. The van der Waals surface area contributed by atoms with E-state index in [-0.39, 0.29) is 17.9 Å². The molecule has 3 aromatic rings. The van der Waals surface area contributed by atoms with E-state index in [2.05, 4.69) is 15.6 Å². The van der Waals surface area contributed by atoms with Gasteiger partial charge in [-0.05, 0) is 75.1 Å². The number of hydrogen-bond acceptors (Lipinski definition) is 5. The Morgan fingerprint density at radius 3 is 2.45 bits per heavy atom. The average Bonchev–Trinajstić information content (AvgIpc) is 3.46. The summed E-state index contributed by atoms with van der Waals surface area (Å²) in [6.45, 7) is 6.17. The van der Waals surface area contributed by atoms with Crippen molar-refractivity contribution < 1.29 is 14.3 Å². The summed E-state index contributed by atoms with van der Waals surface area (Å²) in [7, 11) is 0. The maximum absolute atomic E-state index is 12.8. The van der Waals surface area contributed by atoms with E-state index < -0.39 is 0 Å². The van der Waals surface area contributed by atoms with Crippen LogP contribution >= 0.6 is 11.3 Å². The lowest BCUT2D eigenvalue weighted by Crippen LogP contribution is -2.25. The number of aryl methyl sites for hydroxylation is 3. The number of amides is 2. The third-order valence-electron chi connectivity index (χ3n) is 5.14. The quantitative estimate of drug-likeness (QED) is 0.559. The second-order valence-electron chi connectivity index (χ2n) is 7.86. The van der Waals surface area contributed by atoms with Crippen molar-refractivity contribution in [3.63, 3.8) is 0 Å². The van der Waals surface area contributed by atoms with Crippen molar-refractivity contribution in [2.45, 2.75) is 46.3 Å². The third-order valence-corrected chi connectivity index (χ3v) is 5.96. The van der Waals surface area contributed by atoms with E-state index in [1.807, 2.05) is 32.2 Å². The lowest BCUT2D eigenvalue weighted by Gasteiger charge is -2.13. The van der Waals surface area contributed by atoms with Crippen LogP contribution in [0.5, 0.6) is 5.75 Å². The van der Waals surface area contributed by atoms with Crippen LogP contribution in [0, 0.1) is 20.8 Å². The van der Waals surface area contributed by atoms with Gasteiger partial charge in [0.1, 0.15) is 12.4 Å². The summed E-state index contributed by atoms with van der Waals surface area (Å²) < 4.78 is 5.86. The molecule has 0 aliphatic heterocycles. The predicted octanol–water partition coefficient (Wildman–Crippen LogP) is 4.79. The van der Waals surface area contributed by atoms with Crippen LogP contribution in [0.1, 0.15) is 55.4 Å². The zero-order valence-electron chi connectivity index (χ0n) is 17.8. The van der Waals surface area contributed by atoms with Gasteiger partial charge < -0.3 is 15.4 Å². The maximum Gasteiger partial charge on any atom is 0.255 e. The van der Waals surface area contributed by atoms with E-state index in [1.54, 1.807) is 41.7 Å². The highest BCUT2D eigenvalue weighted by molar-refractivity contribution is 7.09. The minimum atomic E-state index is -0.229. The number of carbonyl (C=O) groups is 2. The summed E-state index contributed by atoms with van der Waals surface area (Å²) in [5.74, 6) is 0.385. The molecule has 2 amide bonds. The van der Waals surface area contributed by atoms with Gasteiger partial charge >= 0.3 is 0 Å². The topological polar surface area (TPSA) is 80.3 Å². The van der Waals surface area contributed by atoms with Crippen LogP contribution in [0.4, 0.5) is 5.69 Å². The molecule has 31 heavy (non-hydrogen) atoms. The summed E-state index contributed by atoms with van der Waals surface area (Å²) in [4.78, 5) is 29.5. The van der Waals surface area contributed by atoms with Gasteiger partial charge in [-0.3, -0.25) is 9.59 Å². The zero-order valence-corrected chi connectivity index (χ0v) is 18.6. The maximum atomic E-state index is 12.8. The molecule has 7 heteroatoms. The number of rotatable bonds is 7. The van der Waals surface area contributed by atoms with Crippen LogP contribution < -0.4 is 15.4 Å². The molecule has 160 valence electrons. The van der Waals surface area contributed by atoms with Crippen LogP contribution in [0.3, 0.4) is 0 Å². The molecule has 1 saturated carbocycles. The number of ether oxygens (including phenoxy) is 1. The average molecular weight is 436 g/mol. The van der Waals surface area contributed by atoms with E-state index in [0.717, 1.165) is 40.4 Å². The standard InChI is InChI=1S/C24H25N3O3S/c1-14-4-5-18(23(28)26-19-7-8-19)11-21(14)27-24(29)17-6-9-22(15(2)10-17)30-12-20-13-31-16(3)25-20/h4-6,9-11,13,19H,7-8,12H2,1-3H3,(H,26,28)(H,27,29). The van der Waals surface area contributed by atoms with Crippen molar-refractivity contribution in [3.8, 4) is 5.75 Å². The Morgan fingerprint density at radius 2 is 1.77 bits per heavy atom. The molecule has 0 saturated heterocycles. The summed E-state index contributed by atoms with van der Waals surface area (Å²) in [5, 5.41) is 8.89. The molecule has 4 rings (SSSR count). The van der Waals surface area contributed by atoms with Gasteiger partial charge in [0.05, 0.1) is 10.7 Å². The fourth-order valence-corrected chi connectivity index (χ4v) is 3.76. The lowest BCUT2D eigenvalue weighted by atomic mass is 10.1. The number of nitrogens with one attached hydrogen (secondary N) is 2. The summed E-state index contributed by atoms with van der Waals surface area (Å²) >= 11 is 1.59. The van der Waals surface area contributed by atoms with Crippen molar-refractivity contribution in [1.29, 1.82) is 0 Å². The minimum absolute atomic E-state index is 0.106. The van der Waals surface area contributed by atoms with Crippen molar-refractivity contribution in [2.75, 3.05) is 5.32 Å². The first-order chi connectivity index (χ1) is 14.9. The van der Waals surface area contributed by atoms with E-state index in [0.29, 0.717) is 23.4 Å². The second kappa shape index (κ2) is 8.89. The van der Waals surface area contributed by atoms with Gasteiger partial charge in [-0.25, -0.2) is 4.98 Å². The first-order valence-electron chi connectivity index (χ1n) is 10.3. The molecule has 0 spiro atoms. The lowest BCUT2D eigenvalue weighted by molar-refractivity contribution is 0.0949. The Balaban J connectivity index is 1.43.